The number of halogens is 2. The van der Waals surface area contributed by atoms with Crippen LogP contribution >= 0.6 is 0 Å². The summed E-state index contributed by atoms with van der Waals surface area (Å²) in [7, 11) is 0. The zero-order chi connectivity index (χ0) is 22.1. The van der Waals surface area contributed by atoms with Crippen molar-refractivity contribution in [3.8, 4) is 0 Å². The Morgan fingerprint density at radius 3 is 2.66 bits per heavy atom. The van der Waals surface area contributed by atoms with Crippen LogP contribution in [0.15, 0.2) is 72.9 Å². The predicted molar refractivity (Wildman–Crippen MR) is 118 cm³/mol. The van der Waals surface area contributed by atoms with Crippen LogP contribution in [0, 0.1) is 11.6 Å². The highest BCUT2D eigenvalue weighted by molar-refractivity contribution is 6.05. The van der Waals surface area contributed by atoms with E-state index in [9.17, 15) is 13.6 Å². The largest absolute Gasteiger partial charge is 0.348 e. The highest BCUT2D eigenvalue weighted by Gasteiger charge is 2.28. The molecule has 5 nitrogen and oxygen atoms in total. The van der Waals surface area contributed by atoms with E-state index in [2.05, 4.69) is 15.0 Å². The fraction of sp³-hybridized carbons (Fsp3) is 0.160. The van der Waals surface area contributed by atoms with Gasteiger partial charge in [-0.2, -0.15) is 0 Å². The van der Waals surface area contributed by atoms with Gasteiger partial charge in [-0.25, -0.2) is 18.3 Å². The topological polar surface area (TPSA) is 50.5 Å². The Kier molecular flexibility index (Phi) is 5.23. The molecule has 2 aromatic heterocycles. The Morgan fingerprint density at radius 1 is 1.03 bits per heavy atom. The van der Waals surface area contributed by atoms with Crippen LogP contribution in [0.25, 0.3) is 11.7 Å². The van der Waals surface area contributed by atoms with Crippen LogP contribution < -0.4 is 4.90 Å². The van der Waals surface area contributed by atoms with E-state index < -0.39 is 0 Å². The van der Waals surface area contributed by atoms with Gasteiger partial charge in [0.15, 0.2) is 5.65 Å². The molecule has 32 heavy (non-hydrogen) atoms. The molecule has 1 aliphatic rings. The standard InChI is InChI=1S/C25H20F2N4O/c26-19-6-1-4-17(14-19)9-10-23(32)22-16-28-24-11-12-25(29-31(22)24)30-13-3-8-21(30)18-5-2-7-20(27)15-18/h1-2,4-7,9-12,14-16,21H,3,8,13H2/t21-/m1/s1. The molecule has 1 aliphatic heterocycles. The smallest absolute Gasteiger partial charge is 0.205 e. The van der Waals surface area contributed by atoms with E-state index in [1.54, 1.807) is 30.3 Å². The molecule has 0 N–H and O–H groups in total. The van der Waals surface area contributed by atoms with Gasteiger partial charge < -0.3 is 4.90 Å². The summed E-state index contributed by atoms with van der Waals surface area (Å²) < 4.78 is 28.7. The number of hydrogen-bond acceptors (Lipinski definition) is 4. The summed E-state index contributed by atoms with van der Waals surface area (Å²) in [6.45, 7) is 0.789. The second-order valence-corrected chi connectivity index (χ2v) is 7.76. The number of carbonyl (C=O) groups is 1. The molecule has 4 aromatic rings. The normalized spacial score (nSPS) is 16.3. The Balaban J connectivity index is 1.45. The second kappa shape index (κ2) is 8.34. The van der Waals surface area contributed by atoms with Crippen molar-refractivity contribution in [1.29, 1.82) is 0 Å². The number of aromatic nitrogens is 3. The SMILES string of the molecule is O=C(C=Cc1cccc(F)c1)c1cnc2ccc(N3CCC[C@@H]3c3cccc(F)c3)nn12. The molecule has 3 heterocycles. The fourth-order valence-corrected chi connectivity index (χ4v) is 4.15. The number of allylic oxidation sites excluding steroid dienone is 1. The molecule has 0 amide bonds. The first kappa shape index (κ1) is 20.1. The minimum absolute atomic E-state index is 0.0196. The van der Waals surface area contributed by atoms with Crippen LogP contribution in [0.4, 0.5) is 14.6 Å². The molecule has 0 aliphatic carbocycles. The average molecular weight is 430 g/mol. The summed E-state index contributed by atoms with van der Waals surface area (Å²) in [5.41, 5.74) is 2.37. The lowest BCUT2D eigenvalue weighted by Gasteiger charge is -2.26. The van der Waals surface area contributed by atoms with Crippen LogP contribution in [-0.4, -0.2) is 26.9 Å². The number of ketones is 1. The summed E-state index contributed by atoms with van der Waals surface area (Å²) in [6, 6.07) is 16.4. The number of carbonyl (C=O) groups excluding carboxylic acids is 1. The molecule has 7 heteroatoms. The second-order valence-electron chi connectivity index (χ2n) is 7.76. The third-order valence-corrected chi connectivity index (χ3v) is 5.66. The van der Waals surface area contributed by atoms with E-state index in [0.717, 1.165) is 24.9 Å². The van der Waals surface area contributed by atoms with Crippen LogP contribution in [0.1, 0.15) is 40.5 Å². The third kappa shape index (κ3) is 3.89. The van der Waals surface area contributed by atoms with Gasteiger partial charge in [-0.1, -0.05) is 30.3 Å². The molecule has 1 fully saturated rings. The van der Waals surface area contributed by atoms with Gasteiger partial charge in [0.05, 0.1) is 12.2 Å². The monoisotopic (exact) mass is 430 g/mol. The van der Waals surface area contributed by atoms with Crippen molar-refractivity contribution in [2.24, 2.45) is 0 Å². The van der Waals surface area contributed by atoms with Crippen molar-refractivity contribution in [3.05, 3.63) is 101 Å². The number of benzene rings is 2. The van der Waals surface area contributed by atoms with Crippen LogP contribution in [0.5, 0.6) is 0 Å². The molecule has 1 atom stereocenters. The molecule has 160 valence electrons. The predicted octanol–water partition coefficient (Wildman–Crippen LogP) is 5.25. The van der Waals surface area contributed by atoms with Crippen molar-refractivity contribution < 1.29 is 13.6 Å². The van der Waals surface area contributed by atoms with Gasteiger partial charge in [-0.05, 0) is 66.4 Å². The Bertz CT molecular complexity index is 1330. The van der Waals surface area contributed by atoms with Gasteiger partial charge in [0.2, 0.25) is 5.78 Å². The average Bonchev–Trinajstić information content (AvgIpc) is 3.44. The zero-order valence-electron chi connectivity index (χ0n) is 17.2. The van der Waals surface area contributed by atoms with Crippen molar-refractivity contribution in [3.63, 3.8) is 0 Å². The van der Waals surface area contributed by atoms with Crippen LogP contribution in [-0.2, 0) is 0 Å². The number of anilines is 1. The Labute approximate surface area is 183 Å². The zero-order valence-corrected chi connectivity index (χ0v) is 17.2. The van der Waals surface area contributed by atoms with E-state index in [-0.39, 0.29) is 23.5 Å². The molecule has 1 saturated heterocycles. The van der Waals surface area contributed by atoms with Crippen LogP contribution in [0.3, 0.4) is 0 Å². The summed E-state index contributed by atoms with van der Waals surface area (Å²) in [6.07, 6.45) is 6.30. The summed E-state index contributed by atoms with van der Waals surface area (Å²) >= 11 is 0. The lowest BCUT2D eigenvalue weighted by atomic mass is 10.0. The van der Waals surface area contributed by atoms with Crippen molar-refractivity contribution in [2.45, 2.75) is 18.9 Å². The summed E-state index contributed by atoms with van der Waals surface area (Å²) in [4.78, 5) is 19.2. The van der Waals surface area contributed by atoms with Gasteiger partial charge in [-0.15, -0.1) is 5.10 Å². The van der Waals surface area contributed by atoms with Crippen molar-refractivity contribution >= 4 is 23.3 Å². The highest BCUT2D eigenvalue weighted by atomic mass is 19.1. The maximum absolute atomic E-state index is 13.8. The molecule has 0 radical (unpaired) electrons. The minimum Gasteiger partial charge on any atom is -0.348 e. The first-order valence-electron chi connectivity index (χ1n) is 10.4. The molecule has 0 unspecified atom stereocenters. The van der Waals surface area contributed by atoms with Gasteiger partial charge in [0.25, 0.3) is 0 Å². The Morgan fingerprint density at radius 2 is 1.84 bits per heavy atom. The number of nitrogens with zero attached hydrogens (tertiary/aromatic N) is 4. The molecule has 2 aromatic carbocycles. The maximum Gasteiger partial charge on any atom is 0.205 e. The Hall–Kier alpha value is -3.87. The van der Waals surface area contributed by atoms with E-state index in [1.807, 2.05) is 18.2 Å². The lowest BCUT2D eigenvalue weighted by molar-refractivity contribution is 0.104. The number of hydrogen-bond donors (Lipinski definition) is 0. The van der Waals surface area contributed by atoms with E-state index in [0.29, 0.717) is 22.7 Å². The van der Waals surface area contributed by atoms with Crippen LogP contribution in [0.2, 0.25) is 0 Å². The summed E-state index contributed by atoms with van der Waals surface area (Å²) in [5, 5.41) is 4.68. The van der Waals surface area contributed by atoms with Gasteiger partial charge >= 0.3 is 0 Å². The molecule has 0 spiro atoms. The number of fused-ring (bicyclic) bond motifs is 1. The number of imidazole rings is 1. The molecule has 0 bridgehead atoms. The van der Waals surface area contributed by atoms with Crippen molar-refractivity contribution in [2.75, 3.05) is 11.4 Å². The van der Waals surface area contributed by atoms with E-state index in [4.69, 9.17) is 0 Å². The first-order chi connectivity index (χ1) is 15.6. The molecular formula is C25H20F2N4O. The maximum atomic E-state index is 13.8. The van der Waals surface area contributed by atoms with Gasteiger partial charge in [0.1, 0.15) is 23.1 Å². The van der Waals surface area contributed by atoms with Crippen molar-refractivity contribution in [1.82, 2.24) is 14.6 Å². The van der Waals surface area contributed by atoms with E-state index in [1.165, 1.54) is 35.0 Å². The minimum atomic E-state index is -0.362. The highest BCUT2D eigenvalue weighted by Crippen LogP contribution is 2.35. The molecular weight excluding hydrogens is 410 g/mol. The molecule has 5 rings (SSSR count). The summed E-state index contributed by atoms with van der Waals surface area (Å²) in [5.74, 6) is -0.204. The van der Waals surface area contributed by atoms with Gasteiger partial charge in [0, 0.05) is 6.54 Å². The quantitative estimate of drug-likeness (QED) is 0.321. The number of rotatable bonds is 5. The first-order valence-corrected chi connectivity index (χ1v) is 10.4. The lowest BCUT2D eigenvalue weighted by Crippen LogP contribution is -2.24. The third-order valence-electron chi connectivity index (χ3n) is 5.66. The fourth-order valence-electron chi connectivity index (χ4n) is 4.15. The molecule has 0 saturated carbocycles. The van der Waals surface area contributed by atoms with Gasteiger partial charge in [-0.3, -0.25) is 4.79 Å². The van der Waals surface area contributed by atoms with E-state index >= 15 is 0 Å².